The standard InChI is InChI=1S/C10H13Cl2NO3S/c1-7(2)6-3-4-8(7)5-17(14,15)13-10(8,16-13)9(6,11)12/h6H,3-5H2,1-2H3/t6-,8-,10?,13?/m1/s1. The van der Waals surface area contributed by atoms with Crippen LogP contribution < -0.4 is 0 Å². The van der Waals surface area contributed by atoms with Gasteiger partial charge in [-0.1, -0.05) is 37.0 Å². The Morgan fingerprint density at radius 1 is 1.35 bits per heavy atom. The van der Waals surface area contributed by atoms with E-state index in [4.69, 9.17) is 28.0 Å². The molecule has 2 heterocycles. The van der Waals surface area contributed by atoms with Crippen LogP contribution in [0.2, 0.25) is 0 Å². The van der Waals surface area contributed by atoms with Crippen molar-refractivity contribution >= 4 is 33.2 Å². The molecule has 4 rings (SSSR count). The van der Waals surface area contributed by atoms with Crippen LogP contribution in [0, 0.1) is 16.7 Å². The summed E-state index contributed by atoms with van der Waals surface area (Å²) in [5, 5.41) is 0. The van der Waals surface area contributed by atoms with E-state index in [0.717, 1.165) is 17.3 Å². The minimum atomic E-state index is -3.36. The maximum atomic E-state index is 12.1. The molecule has 0 aromatic heterocycles. The average Bonchev–Trinajstić information content (AvgIpc) is 2.78. The molecule has 96 valence electrons. The highest BCUT2D eigenvalue weighted by molar-refractivity contribution is 7.89. The Morgan fingerprint density at radius 2 is 2.00 bits per heavy atom. The first-order valence-corrected chi connectivity index (χ1v) is 8.10. The second-order valence-electron chi connectivity index (χ2n) is 6.24. The molecular weight excluding hydrogens is 285 g/mol. The molecule has 4 nitrogen and oxygen atoms in total. The molecular formula is C10H13Cl2NO3S. The lowest BCUT2D eigenvalue weighted by atomic mass is 9.68. The molecule has 0 amide bonds. The van der Waals surface area contributed by atoms with Gasteiger partial charge in [0.05, 0.1) is 5.75 Å². The van der Waals surface area contributed by atoms with E-state index < -0.39 is 25.5 Å². The number of alkyl halides is 2. The van der Waals surface area contributed by atoms with Gasteiger partial charge in [-0.05, 0) is 22.7 Å². The van der Waals surface area contributed by atoms with Gasteiger partial charge in [-0.3, -0.25) is 4.84 Å². The maximum Gasteiger partial charge on any atom is 0.239 e. The van der Waals surface area contributed by atoms with Crippen molar-refractivity contribution in [3.63, 3.8) is 0 Å². The summed E-state index contributed by atoms with van der Waals surface area (Å²) >= 11 is 13.0. The highest BCUT2D eigenvalue weighted by atomic mass is 35.5. The Labute approximate surface area is 110 Å². The minimum absolute atomic E-state index is 0.0823. The summed E-state index contributed by atoms with van der Waals surface area (Å²) in [6.45, 7) is 4.14. The van der Waals surface area contributed by atoms with Gasteiger partial charge in [0.2, 0.25) is 15.7 Å². The van der Waals surface area contributed by atoms with Crippen LogP contribution in [0.1, 0.15) is 26.7 Å². The Hall–Kier alpha value is 0.450. The van der Waals surface area contributed by atoms with E-state index in [9.17, 15) is 8.42 Å². The fourth-order valence-corrected chi connectivity index (χ4v) is 8.56. The van der Waals surface area contributed by atoms with Crippen molar-refractivity contribution in [2.24, 2.45) is 16.7 Å². The molecule has 2 aliphatic carbocycles. The van der Waals surface area contributed by atoms with E-state index >= 15 is 0 Å². The molecule has 0 N–H and O–H groups in total. The number of hydrogen-bond acceptors (Lipinski definition) is 3. The molecule has 2 bridgehead atoms. The third-order valence-electron chi connectivity index (χ3n) is 5.62. The van der Waals surface area contributed by atoms with Crippen LogP contribution in [0.15, 0.2) is 0 Å². The normalized spacial score (nSPS) is 58.8. The maximum absolute atomic E-state index is 12.1. The number of fused-ring (bicyclic) bond motifs is 1. The summed E-state index contributed by atoms with van der Waals surface area (Å²) in [4.78, 5) is 5.44. The Bertz CT molecular complexity index is 538. The van der Waals surface area contributed by atoms with Crippen molar-refractivity contribution in [1.82, 2.24) is 4.47 Å². The quantitative estimate of drug-likeness (QED) is 0.507. The van der Waals surface area contributed by atoms with Gasteiger partial charge < -0.3 is 0 Å². The Kier molecular flexibility index (Phi) is 1.59. The van der Waals surface area contributed by atoms with Gasteiger partial charge in [-0.2, -0.15) is 0 Å². The van der Waals surface area contributed by atoms with E-state index in [-0.39, 0.29) is 17.1 Å². The molecule has 2 saturated heterocycles. The van der Waals surface area contributed by atoms with E-state index in [1.807, 2.05) is 0 Å². The van der Waals surface area contributed by atoms with E-state index in [0.29, 0.717) is 0 Å². The third kappa shape index (κ3) is 0.778. The Morgan fingerprint density at radius 3 is 2.53 bits per heavy atom. The highest BCUT2D eigenvalue weighted by Gasteiger charge is 2.97. The molecule has 4 fully saturated rings. The first kappa shape index (κ1) is 11.3. The SMILES string of the molecule is CC1(C)[C@H]2CC[C@@]13CS(=O)(=O)N1OC13C2(Cl)Cl. The number of halogens is 2. The number of nitrogens with zero attached hydrogens (tertiary/aromatic N) is 1. The molecule has 2 unspecified atom stereocenters. The predicted molar refractivity (Wildman–Crippen MR) is 62.8 cm³/mol. The lowest BCUT2D eigenvalue weighted by Gasteiger charge is -2.36. The fourth-order valence-electron chi connectivity index (χ4n) is 4.73. The zero-order chi connectivity index (χ0) is 12.5. The zero-order valence-electron chi connectivity index (χ0n) is 9.53. The fraction of sp³-hybridized carbons (Fsp3) is 1.00. The van der Waals surface area contributed by atoms with E-state index in [1.165, 1.54) is 0 Å². The molecule has 4 aliphatic rings. The van der Waals surface area contributed by atoms with Crippen LogP contribution in [-0.2, 0) is 14.9 Å². The molecule has 2 saturated carbocycles. The second-order valence-corrected chi connectivity index (χ2v) is 9.41. The van der Waals surface area contributed by atoms with Crippen molar-refractivity contribution < 1.29 is 13.3 Å². The first-order valence-electron chi connectivity index (χ1n) is 5.74. The van der Waals surface area contributed by atoms with E-state index in [1.54, 1.807) is 0 Å². The molecule has 2 aliphatic heterocycles. The summed E-state index contributed by atoms with van der Waals surface area (Å²) in [5.41, 5.74) is -1.66. The van der Waals surface area contributed by atoms with Crippen LogP contribution in [0.25, 0.3) is 0 Å². The predicted octanol–water partition coefficient (Wildman–Crippen LogP) is 1.88. The molecule has 7 heteroatoms. The lowest BCUT2D eigenvalue weighted by molar-refractivity contribution is 0.0704. The molecule has 0 aromatic carbocycles. The summed E-state index contributed by atoms with van der Waals surface area (Å²) in [6.07, 6.45) is 1.69. The second kappa shape index (κ2) is 2.40. The van der Waals surface area contributed by atoms with Crippen molar-refractivity contribution in [2.45, 2.75) is 36.7 Å². The topological polar surface area (TPSA) is 49.7 Å². The molecule has 0 radical (unpaired) electrons. The number of hydroxylamine groups is 1. The van der Waals surface area contributed by atoms with Crippen LogP contribution in [0.5, 0.6) is 0 Å². The number of sulfonamides is 1. The van der Waals surface area contributed by atoms with Gasteiger partial charge >= 0.3 is 0 Å². The third-order valence-corrected chi connectivity index (χ3v) is 8.36. The molecule has 4 atom stereocenters. The average molecular weight is 298 g/mol. The van der Waals surface area contributed by atoms with Gasteiger partial charge in [0.25, 0.3) is 0 Å². The Balaban J connectivity index is 2.05. The van der Waals surface area contributed by atoms with Gasteiger partial charge in [0.15, 0.2) is 4.33 Å². The van der Waals surface area contributed by atoms with Crippen molar-refractivity contribution in [2.75, 3.05) is 5.75 Å². The largest absolute Gasteiger partial charge is 0.251 e. The highest BCUT2D eigenvalue weighted by Crippen LogP contribution is 2.85. The smallest absolute Gasteiger partial charge is 0.239 e. The zero-order valence-corrected chi connectivity index (χ0v) is 11.9. The molecule has 17 heavy (non-hydrogen) atoms. The van der Waals surface area contributed by atoms with E-state index in [2.05, 4.69) is 13.8 Å². The van der Waals surface area contributed by atoms with Crippen molar-refractivity contribution in [1.29, 1.82) is 0 Å². The van der Waals surface area contributed by atoms with Gasteiger partial charge in [-0.25, -0.2) is 8.42 Å². The van der Waals surface area contributed by atoms with Crippen LogP contribution in [-0.4, -0.2) is 28.7 Å². The summed E-state index contributed by atoms with van der Waals surface area (Å²) in [6, 6.07) is 0. The van der Waals surface area contributed by atoms with Crippen molar-refractivity contribution in [3.05, 3.63) is 0 Å². The molecule has 0 aromatic rings. The summed E-state index contributed by atoms with van der Waals surface area (Å²) in [5.74, 6) is 0.198. The summed E-state index contributed by atoms with van der Waals surface area (Å²) in [7, 11) is -3.36. The minimum Gasteiger partial charge on any atom is -0.251 e. The van der Waals surface area contributed by atoms with Gasteiger partial charge in [0, 0.05) is 11.3 Å². The lowest BCUT2D eigenvalue weighted by Crippen LogP contribution is -2.48. The number of rotatable bonds is 0. The first-order chi connectivity index (χ1) is 7.64. The van der Waals surface area contributed by atoms with Crippen LogP contribution >= 0.6 is 23.2 Å². The van der Waals surface area contributed by atoms with Gasteiger partial charge in [0.1, 0.15) is 0 Å². The van der Waals surface area contributed by atoms with Crippen molar-refractivity contribution in [3.8, 4) is 0 Å². The monoisotopic (exact) mass is 297 g/mol. The van der Waals surface area contributed by atoms with Crippen LogP contribution in [0.3, 0.4) is 0 Å². The number of hydrogen-bond donors (Lipinski definition) is 0. The molecule has 2 spiro atoms. The van der Waals surface area contributed by atoms with Crippen LogP contribution in [0.4, 0.5) is 0 Å². The van der Waals surface area contributed by atoms with Gasteiger partial charge in [-0.15, -0.1) is 0 Å². The summed E-state index contributed by atoms with van der Waals surface area (Å²) < 4.78 is 24.1.